The molecule has 0 radical (unpaired) electrons. The standard InChI is InChI=1S/C50H61FN2O8S/c1-3-27-58-50-45(53(49(56)34-15-16-34)32-33-13-17-36(51)18-14-33)31-43(52-61-46-12-6-9-28-57-46)41-29-35(10-4-7-25-54)40(11-5-8-26-55)47(48(41)50)42-30-38(21-24-44(42)60-50)59-37-19-22-39(62-2)23-20-37/h3,13-14,17-24,29-30,34-35,40,45-48,54-55H,1,4-12,15-16,25-28,31-32H2,2H3/t35-,40+,45-,46?,47+,48+,50+/m0/s1. The number of rotatable bonds is 20. The van der Waals surface area contributed by atoms with E-state index in [0.717, 1.165) is 90.8 Å². The fraction of sp³-hybridized carbons (Fsp3) is 0.520. The summed E-state index contributed by atoms with van der Waals surface area (Å²) in [6.45, 7) is 5.25. The number of amides is 1. The minimum atomic E-state index is -1.40. The van der Waals surface area contributed by atoms with Gasteiger partial charge in [-0.25, -0.2) is 4.39 Å². The van der Waals surface area contributed by atoms with Gasteiger partial charge in [0.15, 0.2) is 0 Å². The molecule has 1 unspecified atom stereocenters. The van der Waals surface area contributed by atoms with Gasteiger partial charge in [-0.1, -0.05) is 42.3 Å². The number of carbonyl (C=O) groups is 1. The van der Waals surface area contributed by atoms with Gasteiger partial charge in [-0.15, -0.1) is 18.3 Å². The van der Waals surface area contributed by atoms with Gasteiger partial charge in [-0.3, -0.25) is 4.79 Å². The van der Waals surface area contributed by atoms with E-state index in [-0.39, 0.29) is 68.2 Å². The van der Waals surface area contributed by atoms with E-state index in [1.807, 2.05) is 47.6 Å². The van der Waals surface area contributed by atoms with Crippen LogP contribution in [0.2, 0.25) is 0 Å². The van der Waals surface area contributed by atoms with Gasteiger partial charge in [0.25, 0.3) is 0 Å². The number of halogens is 1. The summed E-state index contributed by atoms with van der Waals surface area (Å²) in [6, 6.07) is 19.7. The largest absolute Gasteiger partial charge is 0.459 e. The van der Waals surface area contributed by atoms with Crippen LogP contribution in [0.25, 0.3) is 0 Å². The fourth-order valence-electron chi connectivity index (χ4n) is 10.1. The summed E-state index contributed by atoms with van der Waals surface area (Å²) in [7, 11) is 0. The molecule has 0 aromatic heterocycles. The van der Waals surface area contributed by atoms with Crippen LogP contribution in [0.4, 0.5) is 4.39 Å². The molecule has 0 spiro atoms. The van der Waals surface area contributed by atoms with Crippen molar-refractivity contribution in [1.29, 1.82) is 0 Å². The third kappa shape index (κ3) is 9.79. The molecule has 10 nitrogen and oxygen atoms in total. The predicted molar refractivity (Wildman–Crippen MR) is 238 cm³/mol. The summed E-state index contributed by atoms with van der Waals surface area (Å²) >= 11 is 1.67. The van der Waals surface area contributed by atoms with Gasteiger partial charge < -0.3 is 38.9 Å². The maximum absolute atomic E-state index is 14.8. The van der Waals surface area contributed by atoms with Crippen LogP contribution >= 0.6 is 11.8 Å². The lowest BCUT2D eigenvalue weighted by Gasteiger charge is -2.60. The Kier molecular flexibility index (Phi) is 14.7. The van der Waals surface area contributed by atoms with E-state index in [4.69, 9.17) is 28.9 Å². The van der Waals surface area contributed by atoms with Crippen LogP contribution in [0, 0.1) is 29.5 Å². The molecule has 12 heteroatoms. The third-order valence-corrected chi connectivity index (χ3v) is 14.0. The van der Waals surface area contributed by atoms with Crippen molar-refractivity contribution in [3.63, 3.8) is 0 Å². The Balaban J connectivity index is 1.32. The van der Waals surface area contributed by atoms with Crippen LogP contribution < -0.4 is 9.47 Å². The number of aliphatic hydroxyl groups is 2. The van der Waals surface area contributed by atoms with Crippen LogP contribution in [0.15, 0.2) is 101 Å². The van der Waals surface area contributed by atoms with E-state index in [1.165, 1.54) is 12.1 Å². The summed E-state index contributed by atoms with van der Waals surface area (Å²) < 4.78 is 41.5. The smallest absolute Gasteiger partial charge is 0.239 e. The van der Waals surface area contributed by atoms with Crippen LogP contribution in [-0.2, 0) is 25.7 Å². The molecule has 62 heavy (non-hydrogen) atoms. The SMILES string of the molecule is C=CCO[C@@]12Oc3ccc(Oc4ccc(SC)cc4)cc3[C@H]3[C@H](CCCCO)[C@@H](CCCCO)C=C(C(=NOC4CCCCO4)C[C@@H]1N(Cc1ccc(F)cc1)C(=O)C1CC1)[C@H]32. The molecule has 332 valence electrons. The van der Waals surface area contributed by atoms with Crippen molar-refractivity contribution in [2.45, 2.75) is 113 Å². The van der Waals surface area contributed by atoms with Gasteiger partial charge in [0.2, 0.25) is 18.0 Å². The molecule has 2 N–H and O–H groups in total. The number of hydrogen-bond acceptors (Lipinski definition) is 10. The number of fused-ring (bicyclic) bond motifs is 2. The second kappa shape index (κ2) is 20.5. The lowest BCUT2D eigenvalue weighted by Crippen LogP contribution is -2.70. The Morgan fingerprint density at radius 1 is 0.984 bits per heavy atom. The number of benzene rings is 3. The van der Waals surface area contributed by atoms with Gasteiger partial charge in [-0.2, -0.15) is 0 Å². The summed E-state index contributed by atoms with van der Waals surface area (Å²) in [5.74, 6) is -0.353. The lowest BCUT2D eigenvalue weighted by atomic mass is 9.55. The summed E-state index contributed by atoms with van der Waals surface area (Å²) in [6.07, 6.45) is 14.8. The van der Waals surface area contributed by atoms with Crippen LogP contribution in [0.5, 0.6) is 17.2 Å². The normalized spacial score (nSPS) is 27.0. The molecule has 8 rings (SSSR count). The zero-order chi connectivity index (χ0) is 43.1. The number of nitrogens with zero attached hydrogens (tertiary/aromatic N) is 2. The van der Waals surface area contributed by atoms with Gasteiger partial charge in [0.1, 0.15) is 29.1 Å². The Bertz CT molecular complexity index is 2050. The van der Waals surface area contributed by atoms with Crippen molar-refractivity contribution >= 4 is 23.4 Å². The van der Waals surface area contributed by atoms with Crippen molar-refractivity contribution in [2.24, 2.45) is 28.8 Å². The first-order valence-electron chi connectivity index (χ1n) is 22.6. The number of oxime groups is 1. The Hall–Kier alpha value is -4.20. The highest BCUT2D eigenvalue weighted by Gasteiger charge is 2.66. The van der Waals surface area contributed by atoms with Crippen molar-refractivity contribution in [2.75, 3.05) is 32.7 Å². The lowest BCUT2D eigenvalue weighted by molar-refractivity contribution is -0.258. The average Bonchev–Trinajstić information content (AvgIpc) is 4.15. The number of aliphatic hydroxyl groups excluding tert-OH is 2. The maximum atomic E-state index is 14.8. The molecule has 3 fully saturated rings. The average molecular weight is 869 g/mol. The highest BCUT2D eigenvalue weighted by molar-refractivity contribution is 7.98. The Labute approximate surface area is 369 Å². The minimum Gasteiger partial charge on any atom is -0.459 e. The molecule has 0 bridgehead atoms. The molecule has 3 aromatic carbocycles. The molecule has 5 aliphatic rings. The number of hydrogen-bond donors (Lipinski definition) is 2. The number of thioether (sulfide) groups is 1. The molecule has 3 aromatic rings. The first kappa shape index (κ1) is 44.4. The van der Waals surface area contributed by atoms with E-state index >= 15 is 0 Å². The fourth-order valence-corrected chi connectivity index (χ4v) is 10.5. The third-order valence-electron chi connectivity index (χ3n) is 13.2. The first-order valence-corrected chi connectivity index (χ1v) is 23.8. The first-order chi connectivity index (χ1) is 30.3. The van der Waals surface area contributed by atoms with Gasteiger partial charge in [-0.05, 0) is 135 Å². The van der Waals surface area contributed by atoms with E-state index in [1.54, 1.807) is 30.0 Å². The zero-order valence-electron chi connectivity index (χ0n) is 35.8. The second-order valence-corrected chi connectivity index (χ2v) is 18.2. The quantitative estimate of drug-likeness (QED) is 0.0495. The topological polar surface area (TPSA) is 119 Å². The van der Waals surface area contributed by atoms with Crippen LogP contribution in [0.3, 0.4) is 0 Å². The zero-order valence-corrected chi connectivity index (χ0v) is 36.6. The Morgan fingerprint density at radius 3 is 2.44 bits per heavy atom. The molecule has 2 saturated carbocycles. The molecule has 2 aliphatic heterocycles. The van der Waals surface area contributed by atoms with Gasteiger partial charge in [0, 0.05) is 54.9 Å². The maximum Gasteiger partial charge on any atom is 0.239 e. The highest BCUT2D eigenvalue weighted by Crippen LogP contribution is 2.62. The van der Waals surface area contributed by atoms with Crippen molar-refractivity contribution in [3.8, 4) is 17.2 Å². The number of unbranched alkanes of at least 4 members (excludes halogenated alkanes) is 2. The summed E-state index contributed by atoms with van der Waals surface area (Å²) in [5.41, 5.74) is 3.45. The number of ether oxygens (including phenoxy) is 4. The van der Waals surface area contributed by atoms with Crippen molar-refractivity contribution in [3.05, 3.63) is 108 Å². The number of allylic oxidation sites excluding steroid dienone is 1. The highest BCUT2D eigenvalue weighted by atomic mass is 32.2. The summed E-state index contributed by atoms with van der Waals surface area (Å²) in [4.78, 5) is 24.2. The van der Waals surface area contributed by atoms with Gasteiger partial charge in [0.05, 0.1) is 24.8 Å². The second-order valence-electron chi connectivity index (χ2n) is 17.3. The van der Waals surface area contributed by atoms with Crippen molar-refractivity contribution < 1.29 is 43.2 Å². The van der Waals surface area contributed by atoms with E-state index in [9.17, 15) is 19.4 Å². The molecule has 1 saturated heterocycles. The molecule has 3 aliphatic carbocycles. The molecule has 2 heterocycles. The molecular formula is C50H61FN2O8S. The van der Waals surface area contributed by atoms with Crippen LogP contribution in [-0.4, -0.2) is 77.5 Å². The summed E-state index contributed by atoms with van der Waals surface area (Å²) in [5, 5.41) is 24.9. The molecular weight excluding hydrogens is 808 g/mol. The van der Waals surface area contributed by atoms with Crippen molar-refractivity contribution in [1.82, 2.24) is 4.90 Å². The minimum absolute atomic E-state index is 0.00332. The molecule has 1 amide bonds. The molecule has 7 atom stereocenters. The predicted octanol–water partition coefficient (Wildman–Crippen LogP) is 9.94. The number of carbonyl (C=O) groups excluding carboxylic acids is 1. The Morgan fingerprint density at radius 2 is 1.74 bits per heavy atom. The van der Waals surface area contributed by atoms with E-state index in [0.29, 0.717) is 30.9 Å². The van der Waals surface area contributed by atoms with Gasteiger partial charge >= 0.3 is 0 Å². The monoisotopic (exact) mass is 868 g/mol. The van der Waals surface area contributed by atoms with E-state index < -0.39 is 24.0 Å². The van der Waals surface area contributed by atoms with Crippen LogP contribution in [0.1, 0.15) is 94.1 Å². The van der Waals surface area contributed by atoms with E-state index in [2.05, 4.69) is 18.7 Å².